The molecule has 0 aromatic rings. The first-order chi connectivity index (χ1) is 7.00. The highest BCUT2D eigenvalue weighted by molar-refractivity contribution is 5.15. The van der Waals surface area contributed by atoms with Gasteiger partial charge in [0.05, 0.1) is 0 Å². The molecule has 0 nitrogen and oxygen atoms in total. The topological polar surface area (TPSA) is 0 Å². The summed E-state index contributed by atoms with van der Waals surface area (Å²) >= 11 is 0. The largest absolute Gasteiger partial charge is 0.0876 e. The lowest BCUT2D eigenvalue weighted by Crippen LogP contribution is -1.67. The van der Waals surface area contributed by atoms with Gasteiger partial charge in [-0.3, -0.25) is 0 Å². The van der Waals surface area contributed by atoms with Crippen LogP contribution in [0.4, 0.5) is 0 Å². The second-order valence-corrected chi connectivity index (χ2v) is 3.10. The van der Waals surface area contributed by atoms with E-state index in [-0.39, 0.29) is 0 Å². The normalized spacial score (nSPS) is 29.7. The Hall–Kier alpha value is -1.30. The number of rotatable bonds is 0. The van der Waals surface area contributed by atoms with Gasteiger partial charge in [0.2, 0.25) is 0 Å². The molecule has 0 saturated carbocycles. The second-order valence-electron chi connectivity index (χ2n) is 3.10. The molecule has 0 atom stereocenters. The molecule has 0 spiro atoms. The number of allylic oxidation sites excluding steroid dienone is 10. The van der Waals surface area contributed by atoms with Gasteiger partial charge in [0.15, 0.2) is 0 Å². The van der Waals surface area contributed by atoms with Crippen LogP contribution in [0.3, 0.4) is 0 Å². The molecule has 14 heavy (non-hydrogen) atoms. The first-order valence-corrected chi connectivity index (χ1v) is 5.13. The standard InChI is InChI=1S/C14H17/c1-2-4-6-8-10-12-14-13-11-9-7-5-3-1/h1-7,10,12-14H,8-9,11H2/b2-1+,6-4+,7-5-,12-10-,14-13+. The van der Waals surface area contributed by atoms with Crippen molar-refractivity contribution in [3.63, 3.8) is 0 Å². The third-order valence-electron chi connectivity index (χ3n) is 1.87. The zero-order valence-electron chi connectivity index (χ0n) is 8.47. The first kappa shape index (κ1) is 10.8. The van der Waals surface area contributed by atoms with E-state index in [9.17, 15) is 0 Å². The van der Waals surface area contributed by atoms with Crippen LogP contribution in [0, 0.1) is 6.42 Å². The number of hydrogen-bond donors (Lipinski definition) is 0. The Morgan fingerprint density at radius 1 is 0.500 bits per heavy atom. The maximum Gasteiger partial charge on any atom is 0.00473 e. The van der Waals surface area contributed by atoms with Crippen LogP contribution in [0.1, 0.15) is 19.3 Å². The molecule has 0 saturated heterocycles. The second kappa shape index (κ2) is 8.31. The summed E-state index contributed by atoms with van der Waals surface area (Å²) in [5, 5.41) is 0. The van der Waals surface area contributed by atoms with Crippen molar-refractivity contribution in [2.45, 2.75) is 19.3 Å². The van der Waals surface area contributed by atoms with Gasteiger partial charge in [-0.05, 0) is 19.3 Å². The molecule has 1 rings (SSSR count). The fraction of sp³-hybridized carbons (Fsp3) is 0.214. The lowest BCUT2D eigenvalue weighted by molar-refractivity contribution is 1.05. The van der Waals surface area contributed by atoms with Crippen molar-refractivity contribution in [2.75, 3.05) is 0 Å². The molecular weight excluding hydrogens is 168 g/mol. The maximum absolute atomic E-state index is 2.20. The summed E-state index contributed by atoms with van der Waals surface area (Å²) in [6, 6.07) is 0. The van der Waals surface area contributed by atoms with E-state index in [0.717, 1.165) is 19.3 Å². The highest BCUT2D eigenvalue weighted by Gasteiger charge is 1.77. The van der Waals surface area contributed by atoms with Crippen molar-refractivity contribution < 1.29 is 0 Å². The molecule has 73 valence electrons. The minimum Gasteiger partial charge on any atom is -0.0876 e. The molecule has 0 unspecified atom stereocenters. The van der Waals surface area contributed by atoms with Gasteiger partial charge in [0, 0.05) is 6.42 Å². The molecule has 0 heteroatoms. The molecule has 1 aliphatic carbocycles. The fourth-order valence-electron chi connectivity index (χ4n) is 1.13. The monoisotopic (exact) mass is 185 g/mol. The molecular formula is C14H17. The highest BCUT2D eigenvalue weighted by atomic mass is 13.8. The predicted octanol–water partition coefficient (Wildman–Crippen LogP) is 4.16. The predicted molar refractivity (Wildman–Crippen MR) is 63.9 cm³/mol. The molecule has 0 aliphatic heterocycles. The van der Waals surface area contributed by atoms with Crippen molar-refractivity contribution in [3.8, 4) is 0 Å². The summed E-state index contributed by atoms with van der Waals surface area (Å²) in [4.78, 5) is 0. The van der Waals surface area contributed by atoms with Crippen LogP contribution in [0.25, 0.3) is 0 Å². The Bertz CT molecular complexity index is 262. The Kier molecular flexibility index (Phi) is 6.39. The van der Waals surface area contributed by atoms with E-state index in [2.05, 4.69) is 67.2 Å². The summed E-state index contributed by atoms with van der Waals surface area (Å²) in [5.41, 5.74) is 0. The third-order valence-corrected chi connectivity index (χ3v) is 1.87. The van der Waals surface area contributed by atoms with Gasteiger partial charge in [0.25, 0.3) is 0 Å². The molecule has 0 fully saturated rings. The summed E-state index contributed by atoms with van der Waals surface area (Å²) in [6.45, 7) is 0. The zero-order valence-corrected chi connectivity index (χ0v) is 8.47. The van der Waals surface area contributed by atoms with E-state index in [1.54, 1.807) is 0 Å². The van der Waals surface area contributed by atoms with Crippen molar-refractivity contribution >= 4 is 0 Å². The Balaban J connectivity index is 2.45. The van der Waals surface area contributed by atoms with Crippen molar-refractivity contribution in [1.29, 1.82) is 0 Å². The van der Waals surface area contributed by atoms with E-state index in [0.29, 0.717) is 0 Å². The average Bonchev–Trinajstić information content (AvgIpc) is 2.22. The first-order valence-electron chi connectivity index (χ1n) is 5.13. The van der Waals surface area contributed by atoms with Crippen LogP contribution in [0.5, 0.6) is 0 Å². The summed E-state index contributed by atoms with van der Waals surface area (Å²) in [6.07, 6.45) is 26.5. The zero-order chi connectivity index (χ0) is 9.90. The average molecular weight is 185 g/mol. The van der Waals surface area contributed by atoms with Gasteiger partial charge in [-0.25, -0.2) is 0 Å². The molecule has 0 amide bonds. The number of hydrogen-bond acceptors (Lipinski definition) is 0. The lowest BCUT2D eigenvalue weighted by atomic mass is 10.2. The van der Waals surface area contributed by atoms with Gasteiger partial charge in [0.1, 0.15) is 0 Å². The Morgan fingerprint density at radius 3 is 2.00 bits per heavy atom. The molecule has 0 aromatic carbocycles. The van der Waals surface area contributed by atoms with Crippen LogP contribution < -0.4 is 0 Å². The third kappa shape index (κ3) is 6.24. The van der Waals surface area contributed by atoms with E-state index in [1.165, 1.54) is 0 Å². The van der Waals surface area contributed by atoms with Crippen molar-refractivity contribution in [1.82, 2.24) is 0 Å². The van der Waals surface area contributed by atoms with E-state index < -0.39 is 0 Å². The lowest BCUT2D eigenvalue weighted by Gasteiger charge is -1.86. The Labute approximate surface area is 87.0 Å². The maximum atomic E-state index is 2.20. The highest BCUT2D eigenvalue weighted by Crippen LogP contribution is 1.97. The van der Waals surface area contributed by atoms with Crippen LogP contribution in [-0.4, -0.2) is 0 Å². The Morgan fingerprint density at radius 2 is 1.14 bits per heavy atom. The van der Waals surface area contributed by atoms with Crippen LogP contribution >= 0.6 is 0 Å². The minimum absolute atomic E-state index is 1.00. The van der Waals surface area contributed by atoms with Gasteiger partial charge in [-0.1, -0.05) is 60.8 Å². The molecule has 0 aromatic heterocycles. The molecule has 0 bridgehead atoms. The van der Waals surface area contributed by atoms with Crippen molar-refractivity contribution in [3.05, 3.63) is 67.2 Å². The summed E-state index contributed by atoms with van der Waals surface area (Å²) in [5.74, 6) is 0. The van der Waals surface area contributed by atoms with Gasteiger partial charge >= 0.3 is 0 Å². The van der Waals surface area contributed by atoms with Gasteiger partial charge in [-0.15, -0.1) is 0 Å². The van der Waals surface area contributed by atoms with E-state index in [4.69, 9.17) is 0 Å². The quantitative estimate of drug-likeness (QED) is 0.531. The molecule has 1 radical (unpaired) electrons. The van der Waals surface area contributed by atoms with E-state index >= 15 is 0 Å². The fourth-order valence-corrected chi connectivity index (χ4v) is 1.13. The van der Waals surface area contributed by atoms with Crippen molar-refractivity contribution in [2.24, 2.45) is 0 Å². The molecule has 0 N–H and O–H groups in total. The van der Waals surface area contributed by atoms with Gasteiger partial charge in [-0.2, -0.15) is 0 Å². The molecule has 1 aliphatic rings. The van der Waals surface area contributed by atoms with Crippen LogP contribution in [-0.2, 0) is 0 Å². The van der Waals surface area contributed by atoms with E-state index in [1.807, 2.05) is 0 Å². The SMILES string of the molecule is [CH]1/C=C\CC/C=C/C=C\C/C=C/C=C/1. The summed E-state index contributed by atoms with van der Waals surface area (Å²) < 4.78 is 0. The van der Waals surface area contributed by atoms with Gasteiger partial charge < -0.3 is 0 Å². The van der Waals surface area contributed by atoms with Crippen LogP contribution in [0.2, 0.25) is 0 Å². The smallest absolute Gasteiger partial charge is 0.00473 e. The van der Waals surface area contributed by atoms with Crippen LogP contribution in [0.15, 0.2) is 60.8 Å². The summed E-state index contributed by atoms with van der Waals surface area (Å²) in [7, 11) is 0. The molecule has 0 heterocycles. The minimum atomic E-state index is 1.00.